The van der Waals surface area contributed by atoms with Crippen LogP contribution in [0.4, 0.5) is 0 Å². The van der Waals surface area contributed by atoms with Gasteiger partial charge in [-0.05, 0) is 109 Å². The molecule has 6 nitrogen and oxygen atoms in total. The number of hydrogen-bond acceptors (Lipinski definition) is 6. The van der Waals surface area contributed by atoms with E-state index >= 15 is 0 Å². The maximum absolute atomic E-state index is 12.2. The molecular formula is C32H42O6. The average molecular weight is 523 g/mol. The van der Waals surface area contributed by atoms with Crippen LogP contribution < -0.4 is 10.4 Å². The van der Waals surface area contributed by atoms with Crippen molar-refractivity contribution in [3.63, 3.8) is 0 Å². The second-order valence-corrected chi connectivity index (χ2v) is 10.9. The molecule has 0 unspecified atom stereocenters. The monoisotopic (exact) mass is 522 g/mol. The molecule has 0 fully saturated rings. The molecule has 2 N–H and O–H groups in total. The summed E-state index contributed by atoms with van der Waals surface area (Å²) >= 11 is 0. The first-order chi connectivity index (χ1) is 18.1. The SMILES string of the molecule is CC(=O)c1cc2c3c(c(C)cc2oc1=O)O[C@](C)(CC/C=C(\C)CC/C=C(\C)CCC=C(CO)CO)CC3. The largest absolute Gasteiger partial charge is 0.487 e. The highest BCUT2D eigenvalue weighted by Crippen LogP contribution is 2.41. The Hall–Kier alpha value is -2.96. The maximum atomic E-state index is 12.2. The van der Waals surface area contributed by atoms with E-state index in [0.29, 0.717) is 11.2 Å². The Bertz CT molecular complexity index is 1300. The van der Waals surface area contributed by atoms with E-state index in [4.69, 9.17) is 19.4 Å². The fourth-order valence-electron chi connectivity index (χ4n) is 5.01. The summed E-state index contributed by atoms with van der Waals surface area (Å²) in [5.41, 5.74) is 5.02. The van der Waals surface area contributed by atoms with Gasteiger partial charge in [-0.15, -0.1) is 0 Å². The van der Waals surface area contributed by atoms with Crippen molar-refractivity contribution in [2.24, 2.45) is 0 Å². The molecule has 1 aromatic heterocycles. The predicted octanol–water partition coefficient (Wildman–Crippen LogP) is 6.53. The zero-order chi connectivity index (χ0) is 27.9. The lowest BCUT2D eigenvalue weighted by Gasteiger charge is -2.37. The summed E-state index contributed by atoms with van der Waals surface area (Å²) in [5, 5.41) is 19.0. The fourth-order valence-corrected chi connectivity index (χ4v) is 5.01. The van der Waals surface area contributed by atoms with Gasteiger partial charge in [-0.2, -0.15) is 0 Å². The van der Waals surface area contributed by atoms with Gasteiger partial charge in [0.25, 0.3) is 0 Å². The third kappa shape index (κ3) is 7.55. The molecule has 1 aromatic carbocycles. The molecule has 0 saturated heterocycles. The topological polar surface area (TPSA) is 97.0 Å². The highest BCUT2D eigenvalue weighted by Gasteiger charge is 2.33. The molecule has 0 bridgehead atoms. The normalized spacial score (nSPS) is 17.8. The standard InChI is InChI=1S/C32H42O6/c1-21(11-7-13-25(19-33)20-34)9-6-10-22(2)12-8-15-32(5)16-14-26-28-18-27(24(4)35)31(36)37-29(28)17-23(3)30(26)38-32/h9,12-13,17-18,33-34H,6-8,10-11,14-16,19-20H2,1-5H3/b21-9+,22-12+/t32-/m1/s1. The van der Waals surface area contributed by atoms with E-state index in [1.807, 2.05) is 19.1 Å². The van der Waals surface area contributed by atoms with E-state index in [9.17, 15) is 9.59 Å². The Morgan fingerprint density at radius 1 is 1.00 bits per heavy atom. The lowest BCUT2D eigenvalue weighted by atomic mass is 9.86. The van der Waals surface area contributed by atoms with Crippen LogP contribution in [-0.2, 0) is 6.42 Å². The first-order valence-electron chi connectivity index (χ1n) is 13.6. The van der Waals surface area contributed by atoms with E-state index in [-0.39, 0.29) is 30.2 Å². The molecule has 0 spiro atoms. The van der Waals surface area contributed by atoms with Crippen LogP contribution in [0.25, 0.3) is 11.0 Å². The lowest BCUT2D eigenvalue weighted by molar-refractivity contribution is 0.0568. The van der Waals surface area contributed by atoms with Crippen molar-refractivity contribution < 1.29 is 24.2 Å². The quantitative estimate of drug-likeness (QED) is 0.187. The number of hydrogen-bond donors (Lipinski definition) is 2. The zero-order valence-corrected chi connectivity index (χ0v) is 23.5. The lowest BCUT2D eigenvalue weighted by Crippen LogP contribution is -2.36. The Labute approximate surface area is 225 Å². The van der Waals surface area contributed by atoms with Gasteiger partial charge in [0.05, 0.1) is 13.2 Å². The van der Waals surface area contributed by atoms with E-state index in [1.165, 1.54) is 18.1 Å². The van der Waals surface area contributed by atoms with E-state index < -0.39 is 5.63 Å². The molecule has 206 valence electrons. The highest BCUT2D eigenvalue weighted by molar-refractivity contribution is 5.97. The summed E-state index contributed by atoms with van der Waals surface area (Å²) < 4.78 is 12.0. The second-order valence-electron chi connectivity index (χ2n) is 10.9. The summed E-state index contributed by atoms with van der Waals surface area (Å²) in [4.78, 5) is 24.1. The second kappa shape index (κ2) is 13.2. The summed E-state index contributed by atoms with van der Waals surface area (Å²) in [5.74, 6) is 0.548. The van der Waals surface area contributed by atoms with Crippen LogP contribution >= 0.6 is 0 Å². The van der Waals surface area contributed by atoms with Crippen LogP contribution in [0.5, 0.6) is 5.75 Å². The number of aliphatic hydroxyl groups excluding tert-OH is 2. The summed E-state index contributed by atoms with van der Waals surface area (Å²) in [6.07, 6.45) is 13.8. The number of carbonyl (C=O) groups excluding carboxylic acids is 1. The molecule has 1 aliphatic rings. The van der Waals surface area contributed by atoms with E-state index in [1.54, 1.807) is 6.07 Å². The van der Waals surface area contributed by atoms with Crippen molar-refractivity contribution in [1.29, 1.82) is 0 Å². The number of aryl methyl sites for hydroxylation is 2. The molecule has 0 aliphatic carbocycles. The van der Waals surface area contributed by atoms with Gasteiger partial charge in [-0.3, -0.25) is 4.79 Å². The number of ether oxygens (including phenoxy) is 1. The molecule has 2 heterocycles. The molecule has 1 aliphatic heterocycles. The van der Waals surface area contributed by atoms with Crippen LogP contribution in [-0.4, -0.2) is 34.8 Å². The molecule has 0 radical (unpaired) electrons. The Kier molecular flexibility index (Phi) is 10.3. The average Bonchev–Trinajstić information content (AvgIpc) is 2.86. The Morgan fingerprint density at radius 3 is 2.26 bits per heavy atom. The molecule has 38 heavy (non-hydrogen) atoms. The number of carbonyl (C=O) groups is 1. The van der Waals surface area contributed by atoms with Crippen molar-refractivity contribution >= 4 is 16.8 Å². The van der Waals surface area contributed by atoms with Crippen molar-refractivity contribution in [2.45, 2.75) is 91.6 Å². The number of benzene rings is 1. The molecule has 3 rings (SSSR count). The number of fused-ring (bicyclic) bond motifs is 3. The van der Waals surface area contributed by atoms with Crippen LogP contribution in [0.1, 0.15) is 94.1 Å². The summed E-state index contributed by atoms with van der Waals surface area (Å²) in [6.45, 7) is 9.65. The molecule has 2 aromatic rings. The van der Waals surface area contributed by atoms with Crippen molar-refractivity contribution in [3.8, 4) is 5.75 Å². The van der Waals surface area contributed by atoms with Crippen LogP contribution in [0.15, 0.2) is 56.3 Å². The number of ketones is 1. The minimum absolute atomic E-state index is 0.0805. The molecule has 6 heteroatoms. The maximum Gasteiger partial charge on any atom is 0.347 e. The van der Waals surface area contributed by atoms with Crippen LogP contribution in [0, 0.1) is 6.92 Å². The summed E-state index contributed by atoms with van der Waals surface area (Å²) in [7, 11) is 0. The van der Waals surface area contributed by atoms with E-state index in [0.717, 1.165) is 73.6 Å². The Morgan fingerprint density at radius 2 is 1.63 bits per heavy atom. The number of Topliss-reactive ketones (excluding diaryl/α,β-unsaturated/α-hetero) is 1. The third-order valence-electron chi connectivity index (χ3n) is 7.49. The first-order valence-corrected chi connectivity index (χ1v) is 13.6. The van der Waals surface area contributed by atoms with Gasteiger partial charge >= 0.3 is 5.63 Å². The number of rotatable bonds is 12. The highest BCUT2D eigenvalue weighted by atomic mass is 16.5. The van der Waals surface area contributed by atoms with Crippen molar-refractivity contribution in [2.75, 3.05) is 13.2 Å². The fraction of sp³-hybridized carbons (Fsp3) is 0.500. The first kappa shape index (κ1) is 29.6. The van der Waals surface area contributed by atoms with Gasteiger partial charge in [0, 0.05) is 10.9 Å². The van der Waals surface area contributed by atoms with Gasteiger partial charge in [0.1, 0.15) is 22.5 Å². The van der Waals surface area contributed by atoms with Crippen LogP contribution in [0.3, 0.4) is 0 Å². The predicted molar refractivity (Wildman–Crippen MR) is 152 cm³/mol. The van der Waals surface area contributed by atoms with Crippen molar-refractivity contribution in [3.05, 3.63) is 74.2 Å². The van der Waals surface area contributed by atoms with Gasteiger partial charge in [-0.25, -0.2) is 4.79 Å². The molecule has 1 atom stereocenters. The third-order valence-corrected chi connectivity index (χ3v) is 7.49. The minimum Gasteiger partial charge on any atom is -0.487 e. The smallest absolute Gasteiger partial charge is 0.347 e. The van der Waals surface area contributed by atoms with Crippen molar-refractivity contribution in [1.82, 2.24) is 0 Å². The minimum atomic E-state index is -0.592. The van der Waals surface area contributed by atoms with Gasteiger partial charge < -0.3 is 19.4 Å². The van der Waals surface area contributed by atoms with Gasteiger partial charge in [-0.1, -0.05) is 29.4 Å². The van der Waals surface area contributed by atoms with Gasteiger partial charge in [0.2, 0.25) is 0 Å². The van der Waals surface area contributed by atoms with E-state index in [2.05, 4.69) is 32.9 Å². The molecule has 0 saturated carbocycles. The van der Waals surface area contributed by atoms with Crippen LogP contribution in [0.2, 0.25) is 0 Å². The molecule has 0 amide bonds. The number of aliphatic hydroxyl groups is 2. The van der Waals surface area contributed by atoms with Gasteiger partial charge in [0.15, 0.2) is 5.78 Å². The molecular weight excluding hydrogens is 480 g/mol. The summed E-state index contributed by atoms with van der Waals surface area (Å²) in [6, 6.07) is 3.49. The Balaban J connectivity index is 1.58. The zero-order valence-electron chi connectivity index (χ0n) is 23.5. The number of allylic oxidation sites excluding steroid dienone is 5.